The molecule has 0 atom stereocenters. The van der Waals surface area contributed by atoms with Crippen molar-refractivity contribution in [3.8, 4) is 0 Å². The molecule has 0 heterocycles. The first-order valence-corrected chi connectivity index (χ1v) is 16.5. The van der Waals surface area contributed by atoms with Crippen LogP contribution in [0.15, 0.2) is 24.3 Å². The summed E-state index contributed by atoms with van der Waals surface area (Å²) >= 11 is 0. The molecule has 0 aliphatic rings. The molecular formula is C29H55NO11Si2. The molecule has 0 fully saturated rings. The van der Waals surface area contributed by atoms with E-state index in [-0.39, 0.29) is 62.2 Å². The van der Waals surface area contributed by atoms with Gasteiger partial charge in [-0.3, -0.25) is 9.59 Å². The molecule has 12 nitrogen and oxygen atoms in total. The molecule has 0 bridgehead atoms. The topological polar surface area (TPSA) is 136 Å². The molecule has 14 heteroatoms. The summed E-state index contributed by atoms with van der Waals surface area (Å²) in [6.45, 7) is 19.1. The number of rotatable bonds is 26. The normalized spacial score (nSPS) is 10.9. The number of ether oxygens (including phenoxy) is 4. The van der Waals surface area contributed by atoms with Gasteiger partial charge in [0.15, 0.2) is 0 Å². The molecule has 0 aliphatic carbocycles. The van der Waals surface area contributed by atoms with Gasteiger partial charge in [0, 0.05) is 62.9 Å². The van der Waals surface area contributed by atoms with Crippen LogP contribution in [-0.2, 0) is 51.4 Å². The van der Waals surface area contributed by atoms with Gasteiger partial charge in [-0.05, 0) is 58.5 Å². The Bertz CT molecular complexity index is 785. The predicted molar refractivity (Wildman–Crippen MR) is 170 cm³/mol. The second-order valence-electron chi connectivity index (χ2n) is 9.41. The molecule has 0 spiro atoms. The van der Waals surface area contributed by atoms with E-state index in [0.717, 1.165) is 0 Å². The number of nitrogens with zero attached hydrogens (tertiary/aromatic N) is 1. The largest absolute Gasteiger partial charge is 0.500 e. The van der Waals surface area contributed by atoms with Gasteiger partial charge in [-0.25, -0.2) is 9.59 Å². The fourth-order valence-corrected chi connectivity index (χ4v) is 6.16. The van der Waals surface area contributed by atoms with E-state index in [1.54, 1.807) is 13.8 Å². The maximum Gasteiger partial charge on any atom is 0.500 e. The summed E-state index contributed by atoms with van der Waals surface area (Å²) in [5.41, 5.74) is 0.618. The summed E-state index contributed by atoms with van der Waals surface area (Å²) in [4.78, 5) is 49.4. The van der Waals surface area contributed by atoms with Crippen LogP contribution in [0.4, 0.5) is 0 Å². The molecule has 0 aromatic heterocycles. The third-order valence-electron chi connectivity index (χ3n) is 5.58. The lowest BCUT2D eigenvalue weighted by molar-refractivity contribution is -0.145. The molecule has 0 rings (SSSR count). The predicted octanol–water partition coefficient (Wildman–Crippen LogP) is 2.16. The Morgan fingerprint density at radius 2 is 0.977 bits per heavy atom. The number of hydrogen-bond acceptors (Lipinski definition) is 12. The fourth-order valence-electron chi connectivity index (χ4n) is 3.56. The highest BCUT2D eigenvalue weighted by molar-refractivity contribution is 6.60. The van der Waals surface area contributed by atoms with Crippen LogP contribution in [-0.4, -0.2) is 114 Å². The Hall–Kier alpha value is -2.37. The highest BCUT2D eigenvalue weighted by Gasteiger charge is 2.39. The maximum absolute atomic E-state index is 12.3. The van der Waals surface area contributed by atoms with E-state index in [1.165, 1.54) is 0 Å². The average Bonchev–Trinajstić information content (AvgIpc) is 2.93. The summed E-state index contributed by atoms with van der Waals surface area (Å²) in [6.07, 6.45) is 1.69. The minimum atomic E-state index is -2.83. The lowest BCUT2D eigenvalue weighted by Gasteiger charge is -2.29. The molecule has 0 aromatic carbocycles. The van der Waals surface area contributed by atoms with Crippen LogP contribution in [0.25, 0.3) is 0 Å². The quantitative estimate of drug-likeness (QED) is 0.0447. The summed E-state index contributed by atoms with van der Waals surface area (Å²) in [5, 5.41) is 0. The van der Waals surface area contributed by atoms with Crippen molar-refractivity contribution in [3.63, 3.8) is 0 Å². The molecule has 0 aromatic rings. The molecule has 43 heavy (non-hydrogen) atoms. The summed E-state index contributed by atoms with van der Waals surface area (Å²) in [6, 6.07) is 0.597. The molecule has 0 radical (unpaired) electrons. The number of hydrogen-bond donors (Lipinski definition) is 0. The minimum absolute atomic E-state index is 0. The zero-order chi connectivity index (χ0) is 31.8. The van der Waals surface area contributed by atoms with Crippen LogP contribution in [0.3, 0.4) is 0 Å². The second-order valence-corrected chi connectivity index (χ2v) is 12.1. The lowest BCUT2D eigenvalue weighted by atomic mass is 10.3. The summed E-state index contributed by atoms with van der Waals surface area (Å²) in [5.74, 6) is -1.74. The number of esters is 4. The second kappa shape index (κ2) is 26.1. The zero-order valence-electron chi connectivity index (χ0n) is 26.2. The molecule has 0 N–H and O–H groups in total. The van der Waals surface area contributed by atoms with Crippen LogP contribution >= 0.6 is 0 Å². The molecule has 0 aliphatic heterocycles. The van der Waals surface area contributed by atoms with E-state index >= 15 is 0 Å². The molecule has 0 unspecified atom stereocenters. The van der Waals surface area contributed by atoms with E-state index in [4.69, 9.17) is 32.2 Å². The minimum Gasteiger partial charge on any atom is -0.466 e. The van der Waals surface area contributed by atoms with Gasteiger partial charge in [0.1, 0.15) is 0 Å². The van der Waals surface area contributed by atoms with Crippen molar-refractivity contribution >= 4 is 43.6 Å². The first-order chi connectivity index (χ1) is 20.0. The van der Waals surface area contributed by atoms with Crippen LogP contribution in [0.1, 0.15) is 66.7 Å². The highest BCUT2D eigenvalue weighted by Crippen LogP contribution is 2.19. The molecule has 250 valence electrons. The monoisotopic (exact) mass is 649 g/mol. The Kier molecular flexibility index (Phi) is 25.9. The SMILES string of the molecule is C=C(C)C(=O)OCCCOC(=O)CCN(CCC[Si](OCC)(OCC)OCC)CCC(=O)OCCCOC(=O)C(=C)C.[SiH4]. The average molecular weight is 650 g/mol. The van der Waals surface area contributed by atoms with Crippen molar-refractivity contribution in [1.82, 2.24) is 4.90 Å². The Morgan fingerprint density at radius 3 is 1.33 bits per heavy atom. The first-order valence-electron chi connectivity index (χ1n) is 14.6. The van der Waals surface area contributed by atoms with Crippen LogP contribution in [0, 0.1) is 0 Å². The van der Waals surface area contributed by atoms with Gasteiger partial charge < -0.3 is 37.1 Å². The van der Waals surface area contributed by atoms with Gasteiger partial charge in [-0.1, -0.05) is 13.2 Å². The third kappa shape index (κ3) is 21.9. The Labute approximate surface area is 262 Å². The van der Waals surface area contributed by atoms with E-state index in [0.29, 0.717) is 75.9 Å². The maximum atomic E-state index is 12.3. The van der Waals surface area contributed by atoms with Crippen LogP contribution in [0.5, 0.6) is 0 Å². The van der Waals surface area contributed by atoms with E-state index < -0.39 is 20.7 Å². The molecule has 0 saturated heterocycles. The molecule has 0 saturated carbocycles. The van der Waals surface area contributed by atoms with Crippen molar-refractivity contribution in [2.24, 2.45) is 0 Å². The molecular weight excluding hydrogens is 594 g/mol. The number of carbonyl (C=O) groups excluding carboxylic acids is 4. The van der Waals surface area contributed by atoms with Gasteiger partial charge in [0.05, 0.1) is 39.3 Å². The van der Waals surface area contributed by atoms with Gasteiger partial charge in [0.25, 0.3) is 0 Å². The highest BCUT2D eigenvalue weighted by atomic mass is 28.4. The van der Waals surface area contributed by atoms with Gasteiger partial charge in [0.2, 0.25) is 0 Å². The Morgan fingerprint density at radius 1 is 0.605 bits per heavy atom. The van der Waals surface area contributed by atoms with Crippen molar-refractivity contribution in [1.29, 1.82) is 0 Å². The van der Waals surface area contributed by atoms with Gasteiger partial charge >= 0.3 is 32.7 Å². The smallest absolute Gasteiger partial charge is 0.466 e. The standard InChI is InChI=1S/C29H51NO11Si.H4Si/c1-8-39-42(40-9-2,41-10-3)23-11-16-30(17-14-26(31)35-19-12-21-37-28(33)24(4)5)18-15-27(32)36-20-13-22-38-29(34)25(6)7;/h4,6,8-23H2,1-3,5,7H3;1H4. The van der Waals surface area contributed by atoms with Crippen molar-refractivity contribution in [3.05, 3.63) is 24.3 Å². The van der Waals surface area contributed by atoms with Gasteiger partial charge in [-0.2, -0.15) is 0 Å². The number of carbonyl (C=O) groups is 4. The summed E-state index contributed by atoms with van der Waals surface area (Å²) in [7, 11) is -2.83. The van der Waals surface area contributed by atoms with E-state index in [2.05, 4.69) is 13.2 Å². The van der Waals surface area contributed by atoms with E-state index in [9.17, 15) is 19.2 Å². The summed E-state index contributed by atoms with van der Waals surface area (Å²) < 4.78 is 38.3. The lowest BCUT2D eigenvalue weighted by Crippen LogP contribution is -2.46. The zero-order valence-corrected chi connectivity index (χ0v) is 27.2. The first kappa shape index (κ1) is 42.8. The van der Waals surface area contributed by atoms with Crippen molar-refractivity contribution in [2.45, 2.75) is 72.8 Å². The molecule has 0 amide bonds. The van der Waals surface area contributed by atoms with E-state index in [1.807, 2.05) is 25.7 Å². The van der Waals surface area contributed by atoms with Crippen LogP contribution < -0.4 is 0 Å². The Balaban J connectivity index is 0. The van der Waals surface area contributed by atoms with Crippen molar-refractivity contribution < 1.29 is 51.4 Å². The fraction of sp³-hybridized carbons (Fsp3) is 0.724. The van der Waals surface area contributed by atoms with Crippen LogP contribution in [0.2, 0.25) is 6.04 Å². The third-order valence-corrected chi connectivity index (χ3v) is 8.73. The van der Waals surface area contributed by atoms with Crippen molar-refractivity contribution in [2.75, 3.05) is 65.9 Å². The van der Waals surface area contributed by atoms with Gasteiger partial charge in [-0.15, -0.1) is 0 Å².